The molecule has 0 spiro atoms. The lowest BCUT2D eigenvalue weighted by atomic mass is 9.89. The maximum absolute atomic E-state index is 12.9. The number of nitrogens with zero attached hydrogens (tertiary/aromatic N) is 4. The van der Waals surface area contributed by atoms with Crippen LogP contribution in [-0.2, 0) is 0 Å². The molecule has 2 saturated heterocycles. The van der Waals surface area contributed by atoms with Crippen molar-refractivity contribution in [2.45, 2.75) is 50.3 Å². The molecule has 192 valence electrons. The minimum Gasteiger partial charge on any atom is -0.406 e. The molecule has 1 amide bonds. The van der Waals surface area contributed by atoms with E-state index in [1.165, 1.54) is 42.7 Å². The van der Waals surface area contributed by atoms with Gasteiger partial charge in [0, 0.05) is 37.3 Å². The highest BCUT2D eigenvalue weighted by Crippen LogP contribution is 2.34. The fourth-order valence-electron chi connectivity index (χ4n) is 5.41. The summed E-state index contributed by atoms with van der Waals surface area (Å²) in [5.74, 6) is 1.12. The standard InChI is InChI=1S/C26H30F3N5O2/c1-33-13-3-2-4-19(16-33)23-31-22-21(9-12-30-24(22)32-23)17-10-14-34(15-11-17)25(35)18-5-7-20(8-6-18)36-26(27,28)29/h5-9,12,17,19H,2-4,10-11,13-16H2,1H3,(H,30,31,32). The van der Waals surface area contributed by atoms with Gasteiger partial charge in [-0.15, -0.1) is 13.2 Å². The Kier molecular flexibility index (Phi) is 6.87. The summed E-state index contributed by atoms with van der Waals surface area (Å²) in [5.41, 5.74) is 3.26. The Morgan fingerprint density at radius 1 is 1.03 bits per heavy atom. The number of benzene rings is 1. The molecule has 4 heterocycles. The smallest absolute Gasteiger partial charge is 0.406 e. The van der Waals surface area contributed by atoms with Gasteiger partial charge in [-0.2, -0.15) is 0 Å². The quantitative estimate of drug-likeness (QED) is 0.540. The number of hydrogen-bond donors (Lipinski definition) is 1. The van der Waals surface area contributed by atoms with Crippen LogP contribution in [0.5, 0.6) is 5.75 Å². The Hall–Kier alpha value is -3.14. The number of pyridine rings is 1. The Morgan fingerprint density at radius 3 is 2.50 bits per heavy atom. The third-order valence-corrected chi connectivity index (χ3v) is 7.26. The number of ether oxygens (including phenoxy) is 1. The van der Waals surface area contributed by atoms with Crippen LogP contribution in [0.25, 0.3) is 11.2 Å². The fourth-order valence-corrected chi connectivity index (χ4v) is 5.41. The van der Waals surface area contributed by atoms with Gasteiger partial charge in [0.05, 0.1) is 5.52 Å². The number of hydrogen-bond acceptors (Lipinski definition) is 5. The number of aromatic amines is 1. The van der Waals surface area contributed by atoms with Crippen molar-refractivity contribution in [3.63, 3.8) is 0 Å². The molecular formula is C26H30F3N5O2. The first kappa shape index (κ1) is 24.5. The summed E-state index contributed by atoms with van der Waals surface area (Å²) >= 11 is 0. The largest absolute Gasteiger partial charge is 0.573 e. The van der Waals surface area contributed by atoms with Crippen LogP contribution >= 0.6 is 0 Å². The third kappa shape index (κ3) is 5.48. The minimum atomic E-state index is -4.76. The monoisotopic (exact) mass is 501 g/mol. The van der Waals surface area contributed by atoms with Crippen LogP contribution in [-0.4, -0.2) is 70.2 Å². The molecule has 7 nitrogen and oxygen atoms in total. The second-order valence-corrected chi connectivity index (χ2v) is 9.81. The average Bonchev–Trinajstić information content (AvgIpc) is 3.18. The van der Waals surface area contributed by atoms with Crippen LogP contribution in [0.1, 0.15) is 65.7 Å². The molecule has 2 aliphatic heterocycles. The highest BCUT2D eigenvalue weighted by Gasteiger charge is 2.31. The summed E-state index contributed by atoms with van der Waals surface area (Å²) in [6, 6.07) is 7.13. The highest BCUT2D eigenvalue weighted by atomic mass is 19.4. The number of fused-ring (bicyclic) bond motifs is 1. The third-order valence-electron chi connectivity index (χ3n) is 7.26. The second-order valence-electron chi connectivity index (χ2n) is 9.81. The Bertz CT molecular complexity index is 1200. The minimum absolute atomic E-state index is 0.187. The van der Waals surface area contributed by atoms with Crippen molar-refractivity contribution >= 4 is 17.1 Å². The van der Waals surface area contributed by atoms with Crippen LogP contribution in [0.2, 0.25) is 0 Å². The molecule has 2 aliphatic rings. The topological polar surface area (TPSA) is 74.3 Å². The number of aromatic nitrogens is 3. The number of alkyl halides is 3. The van der Waals surface area contributed by atoms with Crippen LogP contribution in [0.4, 0.5) is 13.2 Å². The molecule has 5 rings (SSSR count). The predicted molar refractivity (Wildman–Crippen MR) is 129 cm³/mol. The summed E-state index contributed by atoms with van der Waals surface area (Å²) in [7, 11) is 2.16. The van der Waals surface area contributed by atoms with Gasteiger partial charge < -0.3 is 19.5 Å². The lowest BCUT2D eigenvalue weighted by Crippen LogP contribution is -2.38. The molecule has 1 atom stereocenters. The zero-order valence-corrected chi connectivity index (χ0v) is 20.2. The first-order valence-electron chi connectivity index (χ1n) is 12.4. The van der Waals surface area contributed by atoms with E-state index in [9.17, 15) is 18.0 Å². The van der Waals surface area contributed by atoms with Crippen molar-refractivity contribution in [3.05, 3.63) is 53.5 Å². The van der Waals surface area contributed by atoms with E-state index in [1.54, 1.807) is 4.90 Å². The second kappa shape index (κ2) is 10.1. The van der Waals surface area contributed by atoms with Crippen molar-refractivity contribution in [1.29, 1.82) is 0 Å². The molecule has 2 aromatic heterocycles. The van der Waals surface area contributed by atoms with E-state index >= 15 is 0 Å². The normalized spacial score (nSPS) is 20.4. The molecular weight excluding hydrogens is 471 g/mol. The van der Waals surface area contributed by atoms with Gasteiger partial charge in [0.1, 0.15) is 11.6 Å². The number of rotatable bonds is 4. The number of carbonyl (C=O) groups excluding carboxylic acids is 1. The Balaban J connectivity index is 1.26. The molecule has 0 aliphatic carbocycles. The van der Waals surface area contributed by atoms with Crippen molar-refractivity contribution in [2.24, 2.45) is 0 Å². The summed E-state index contributed by atoms with van der Waals surface area (Å²) in [4.78, 5) is 30.0. The molecule has 1 N–H and O–H groups in total. The van der Waals surface area contributed by atoms with E-state index in [2.05, 4.69) is 26.7 Å². The molecule has 3 aromatic rings. The van der Waals surface area contributed by atoms with Crippen LogP contribution < -0.4 is 4.74 Å². The van der Waals surface area contributed by atoms with Crippen LogP contribution in [0, 0.1) is 0 Å². The Morgan fingerprint density at radius 2 is 1.78 bits per heavy atom. The van der Waals surface area contributed by atoms with Gasteiger partial charge in [-0.25, -0.2) is 9.97 Å². The average molecular weight is 502 g/mol. The summed E-state index contributed by atoms with van der Waals surface area (Å²) in [5, 5.41) is 0. The maximum Gasteiger partial charge on any atom is 0.573 e. The highest BCUT2D eigenvalue weighted by molar-refractivity contribution is 5.94. The van der Waals surface area contributed by atoms with Crippen LogP contribution in [0.3, 0.4) is 0 Å². The van der Waals surface area contributed by atoms with Gasteiger partial charge in [0.15, 0.2) is 5.65 Å². The summed E-state index contributed by atoms with van der Waals surface area (Å²) in [6.07, 6.45) is 2.15. The predicted octanol–water partition coefficient (Wildman–Crippen LogP) is 5.08. The molecule has 2 fully saturated rings. The number of imidazole rings is 1. The van der Waals surface area contributed by atoms with Crippen molar-refractivity contribution < 1.29 is 22.7 Å². The molecule has 0 radical (unpaired) electrons. The number of nitrogens with one attached hydrogen (secondary N) is 1. The zero-order chi connectivity index (χ0) is 25.3. The van der Waals surface area contributed by atoms with E-state index in [4.69, 9.17) is 4.98 Å². The molecule has 1 aromatic carbocycles. The molecule has 10 heteroatoms. The van der Waals surface area contributed by atoms with E-state index in [0.717, 1.165) is 49.3 Å². The number of likely N-dealkylation sites (tertiary alicyclic amines) is 2. The summed E-state index contributed by atoms with van der Waals surface area (Å²) in [6.45, 7) is 3.24. The van der Waals surface area contributed by atoms with E-state index in [-0.39, 0.29) is 17.6 Å². The van der Waals surface area contributed by atoms with Crippen molar-refractivity contribution in [1.82, 2.24) is 24.8 Å². The van der Waals surface area contributed by atoms with Gasteiger partial charge >= 0.3 is 6.36 Å². The SMILES string of the molecule is CN1CCCCC(c2nc3nccc(C4CCN(C(=O)c5ccc(OC(F)(F)F)cc5)CC4)c3[nH]2)C1. The van der Waals surface area contributed by atoms with E-state index in [0.29, 0.717) is 24.6 Å². The van der Waals surface area contributed by atoms with Gasteiger partial charge in [0.25, 0.3) is 5.91 Å². The van der Waals surface area contributed by atoms with Crippen molar-refractivity contribution in [2.75, 3.05) is 33.2 Å². The molecule has 0 saturated carbocycles. The van der Waals surface area contributed by atoms with Crippen LogP contribution in [0.15, 0.2) is 36.5 Å². The lowest BCUT2D eigenvalue weighted by molar-refractivity contribution is -0.274. The van der Waals surface area contributed by atoms with Gasteiger partial charge in [0.2, 0.25) is 0 Å². The van der Waals surface area contributed by atoms with Crippen molar-refractivity contribution in [3.8, 4) is 5.75 Å². The number of carbonyl (C=O) groups is 1. The van der Waals surface area contributed by atoms with E-state index < -0.39 is 6.36 Å². The fraction of sp³-hybridized carbons (Fsp3) is 0.500. The molecule has 36 heavy (non-hydrogen) atoms. The zero-order valence-electron chi connectivity index (χ0n) is 20.2. The van der Waals surface area contributed by atoms with Gasteiger partial charge in [-0.05, 0) is 81.1 Å². The Labute approximate surface area is 207 Å². The number of H-pyrrole nitrogens is 1. The first-order chi connectivity index (χ1) is 17.3. The number of likely N-dealkylation sites (N-methyl/N-ethyl adjacent to an activating group) is 1. The maximum atomic E-state index is 12.9. The van der Waals surface area contributed by atoms with Gasteiger partial charge in [-0.1, -0.05) is 6.42 Å². The molecule has 0 bridgehead atoms. The molecule has 1 unspecified atom stereocenters. The first-order valence-corrected chi connectivity index (χ1v) is 12.4. The van der Waals surface area contributed by atoms with E-state index in [1.807, 2.05) is 12.3 Å². The number of halogens is 3. The lowest BCUT2D eigenvalue weighted by Gasteiger charge is -2.32. The number of amides is 1. The van der Waals surface area contributed by atoms with Gasteiger partial charge in [-0.3, -0.25) is 4.79 Å². The number of piperidine rings is 1. The summed E-state index contributed by atoms with van der Waals surface area (Å²) < 4.78 is 41.0.